The van der Waals surface area contributed by atoms with Crippen molar-refractivity contribution in [2.24, 2.45) is 5.92 Å². The second-order valence-electron chi connectivity index (χ2n) is 6.54. The van der Waals surface area contributed by atoms with Gasteiger partial charge in [0, 0.05) is 31.3 Å². The highest BCUT2D eigenvalue weighted by molar-refractivity contribution is 4.81. The summed E-state index contributed by atoms with van der Waals surface area (Å²) >= 11 is 0. The van der Waals surface area contributed by atoms with E-state index in [1.165, 1.54) is 51.5 Å². The number of hydrogen-bond donors (Lipinski definition) is 2. The van der Waals surface area contributed by atoms with Crippen LogP contribution in [0.5, 0.6) is 0 Å². The van der Waals surface area contributed by atoms with Crippen LogP contribution >= 0.6 is 0 Å². The number of hydrogen-bond acceptors (Lipinski definition) is 3. The first kappa shape index (κ1) is 15.3. The molecule has 0 radical (unpaired) electrons. The van der Waals surface area contributed by atoms with Crippen LogP contribution in [0.3, 0.4) is 0 Å². The molecule has 3 atom stereocenters. The van der Waals surface area contributed by atoms with E-state index >= 15 is 0 Å². The minimum Gasteiger partial charge on any atom is -0.381 e. The smallest absolute Gasteiger partial charge is 0.0469 e. The molecular weight excluding hydrogens is 236 g/mol. The molecule has 3 nitrogen and oxygen atoms in total. The van der Waals surface area contributed by atoms with Crippen molar-refractivity contribution in [3.63, 3.8) is 0 Å². The highest BCUT2D eigenvalue weighted by atomic mass is 16.5. The monoisotopic (exact) mass is 268 g/mol. The lowest BCUT2D eigenvalue weighted by molar-refractivity contribution is 0.0543. The maximum absolute atomic E-state index is 5.45. The van der Waals surface area contributed by atoms with E-state index < -0.39 is 0 Å². The number of rotatable bonds is 5. The Bertz CT molecular complexity index is 233. The molecule has 0 aromatic carbocycles. The van der Waals surface area contributed by atoms with Gasteiger partial charge in [-0.25, -0.2) is 0 Å². The van der Waals surface area contributed by atoms with Crippen LogP contribution in [0.1, 0.15) is 58.8 Å². The van der Waals surface area contributed by atoms with Crippen molar-refractivity contribution in [2.75, 3.05) is 19.8 Å². The average molecular weight is 268 g/mol. The highest BCUT2D eigenvalue weighted by Crippen LogP contribution is 2.20. The van der Waals surface area contributed by atoms with Gasteiger partial charge in [0.2, 0.25) is 0 Å². The predicted octanol–water partition coefficient (Wildman–Crippen LogP) is 2.70. The highest BCUT2D eigenvalue weighted by Gasteiger charge is 2.22. The van der Waals surface area contributed by atoms with E-state index in [9.17, 15) is 0 Å². The summed E-state index contributed by atoms with van der Waals surface area (Å²) in [6, 6.07) is 1.98. The zero-order chi connectivity index (χ0) is 13.5. The van der Waals surface area contributed by atoms with Gasteiger partial charge in [0.15, 0.2) is 0 Å². The Hall–Kier alpha value is -0.120. The summed E-state index contributed by atoms with van der Waals surface area (Å²) in [7, 11) is 0. The molecule has 3 heteroatoms. The van der Waals surface area contributed by atoms with Crippen LogP contribution in [0.25, 0.3) is 0 Å². The van der Waals surface area contributed by atoms with Gasteiger partial charge in [-0.15, -0.1) is 0 Å². The van der Waals surface area contributed by atoms with Gasteiger partial charge in [-0.05, 0) is 58.4 Å². The summed E-state index contributed by atoms with van der Waals surface area (Å²) in [5, 5.41) is 7.53. The van der Waals surface area contributed by atoms with Gasteiger partial charge in [0.05, 0.1) is 0 Å². The molecule has 0 aliphatic carbocycles. The first-order chi connectivity index (χ1) is 9.25. The number of ether oxygens (including phenoxy) is 1. The molecule has 112 valence electrons. The normalized spacial score (nSPS) is 29.7. The molecule has 2 saturated heterocycles. The molecule has 0 bridgehead atoms. The van der Waals surface area contributed by atoms with Crippen molar-refractivity contribution in [1.29, 1.82) is 0 Å². The Morgan fingerprint density at radius 1 is 1.11 bits per heavy atom. The van der Waals surface area contributed by atoms with Gasteiger partial charge < -0.3 is 15.4 Å². The SMILES string of the molecule is CC(CC1CCCCCN1)NC(C)C1CCOCC1. The Balaban J connectivity index is 1.68. The van der Waals surface area contributed by atoms with E-state index in [4.69, 9.17) is 4.74 Å². The fourth-order valence-corrected chi connectivity index (χ4v) is 3.60. The van der Waals surface area contributed by atoms with Gasteiger partial charge in [0.1, 0.15) is 0 Å². The minimum absolute atomic E-state index is 0.619. The molecule has 2 aliphatic heterocycles. The van der Waals surface area contributed by atoms with E-state index in [1.54, 1.807) is 0 Å². The molecule has 2 rings (SSSR count). The topological polar surface area (TPSA) is 33.3 Å². The van der Waals surface area contributed by atoms with E-state index in [0.29, 0.717) is 12.1 Å². The molecule has 2 fully saturated rings. The van der Waals surface area contributed by atoms with Gasteiger partial charge in [-0.2, -0.15) is 0 Å². The molecule has 19 heavy (non-hydrogen) atoms. The third kappa shape index (κ3) is 5.41. The Kier molecular flexibility index (Phi) is 6.62. The Labute approximate surface area is 118 Å². The maximum Gasteiger partial charge on any atom is 0.0469 e. The molecule has 2 N–H and O–H groups in total. The van der Waals surface area contributed by atoms with Crippen LogP contribution in [0.15, 0.2) is 0 Å². The lowest BCUT2D eigenvalue weighted by Crippen LogP contribution is -2.44. The van der Waals surface area contributed by atoms with Gasteiger partial charge in [0.25, 0.3) is 0 Å². The molecule has 0 aromatic heterocycles. The minimum atomic E-state index is 0.619. The first-order valence-electron chi connectivity index (χ1n) is 8.33. The summed E-state index contributed by atoms with van der Waals surface area (Å²) in [6.45, 7) is 7.83. The van der Waals surface area contributed by atoms with Crippen molar-refractivity contribution in [3.8, 4) is 0 Å². The largest absolute Gasteiger partial charge is 0.381 e. The maximum atomic E-state index is 5.45. The molecule has 2 aliphatic rings. The average Bonchev–Trinajstić information content (AvgIpc) is 2.68. The van der Waals surface area contributed by atoms with Crippen LogP contribution in [0.4, 0.5) is 0 Å². The third-order valence-electron chi connectivity index (χ3n) is 4.82. The van der Waals surface area contributed by atoms with E-state index in [0.717, 1.165) is 25.2 Å². The molecular formula is C16H32N2O. The van der Waals surface area contributed by atoms with Crippen molar-refractivity contribution in [3.05, 3.63) is 0 Å². The van der Waals surface area contributed by atoms with Crippen LogP contribution < -0.4 is 10.6 Å². The summed E-state index contributed by atoms with van der Waals surface area (Å²) in [6.07, 6.45) is 9.25. The van der Waals surface area contributed by atoms with Crippen molar-refractivity contribution >= 4 is 0 Å². The second-order valence-corrected chi connectivity index (χ2v) is 6.54. The first-order valence-corrected chi connectivity index (χ1v) is 8.33. The van der Waals surface area contributed by atoms with E-state index in [2.05, 4.69) is 24.5 Å². The van der Waals surface area contributed by atoms with Crippen LogP contribution in [-0.2, 0) is 4.74 Å². The van der Waals surface area contributed by atoms with E-state index in [-0.39, 0.29) is 0 Å². The molecule has 2 heterocycles. The van der Waals surface area contributed by atoms with Gasteiger partial charge in [-0.1, -0.05) is 12.8 Å². The molecule has 0 amide bonds. The molecule has 0 spiro atoms. The molecule has 0 aromatic rings. The van der Waals surface area contributed by atoms with Crippen molar-refractivity contribution in [1.82, 2.24) is 10.6 Å². The van der Waals surface area contributed by atoms with Crippen LogP contribution in [0, 0.1) is 5.92 Å². The Morgan fingerprint density at radius 3 is 2.68 bits per heavy atom. The lowest BCUT2D eigenvalue weighted by Gasteiger charge is -2.32. The second kappa shape index (κ2) is 8.23. The predicted molar refractivity (Wildman–Crippen MR) is 80.5 cm³/mol. The fraction of sp³-hybridized carbons (Fsp3) is 1.00. The zero-order valence-electron chi connectivity index (χ0n) is 12.8. The fourth-order valence-electron chi connectivity index (χ4n) is 3.60. The summed E-state index contributed by atoms with van der Waals surface area (Å²) in [5.41, 5.74) is 0. The summed E-state index contributed by atoms with van der Waals surface area (Å²) in [4.78, 5) is 0. The van der Waals surface area contributed by atoms with Crippen molar-refractivity contribution in [2.45, 2.75) is 76.9 Å². The quantitative estimate of drug-likeness (QED) is 0.804. The molecule has 3 unspecified atom stereocenters. The standard InChI is InChI=1S/C16H32N2O/c1-13(12-16-6-4-3-5-9-17-16)18-14(2)15-7-10-19-11-8-15/h13-18H,3-12H2,1-2H3. The summed E-state index contributed by atoms with van der Waals surface area (Å²) in [5.74, 6) is 0.804. The number of nitrogens with one attached hydrogen (secondary N) is 2. The molecule has 0 saturated carbocycles. The zero-order valence-corrected chi connectivity index (χ0v) is 12.8. The van der Waals surface area contributed by atoms with Gasteiger partial charge >= 0.3 is 0 Å². The summed E-state index contributed by atoms with van der Waals surface area (Å²) < 4.78 is 5.45. The third-order valence-corrected chi connectivity index (χ3v) is 4.82. The van der Waals surface area contributed by atoms with Crippen molar-refractivity contribution < 1.29 is 4.74 Å². The van der Waals surface area contributed by atoms with Crippen LogP contribution in [-0.4, -0.2) is 37.9 Å². The van der Waals surface area contributed by atoms with Crippen LogP contribution in [0.2, 0.25) is 0 Å². The van der Waals surface area contributed by atoms with E-state index in [1.807, 2.05) is 0 Å². The Morgan fingerprint density at radius 2 is 1.89 bits per heavy atom. The lowest BCUT2D eigenvalue weighted by atomic mass is 9.92. The van der Waals surface area contributed by atoms with Gasteiger partial charge in [-0.3, -0.25) is 0 Å².